The van der Waals surface area contributed by atoms with E-state index in [1.54, 1.807) is 21.3 Å². The van der Waals surface area contributed by atoms with E-state index in [-0.39, 0.29) is 0 Å². The highest BCUT2D eigenvalue weighted by Crippen LogP contribution is 2.39. The van der Waals surface area contributed by atoms with E-state index >= 15 is 0 Å². The molecule has 1 saturated heterocycles. The van der Waals surface area contributed by atoms with Crippen LogP contribution in [0, 0.1) is 13.8 Å². The molecule has 156 valence electrons. The predicted molar refractivity (Wildman–Crippen MR) is 116 cm³/mol. The lowest BCUT2D eigenvalue weighted by molar-refractivity contribution is 0.131. The average Bonchev–Trinajstić information content (AvgIpc) is 2.74. The topological polar surface area (TPSA) is 46.5 Å². The number of benzene rings is 2. The number of nitrogens with zero attached hydrogens (tertiary/aromatic N) is 3. The molecular formula is C23H31N3O3. The Hall–Kier alpha value is -2.73. The maximum Gasteiger partial charge on any atom is 0.203 e. The second kappa shape index (κ2) is 9.65. The fourth-order valence-corrected chi connectivity index (χ4v) is 3.64. The van der Waals surface area contributed by atoms with Gasteiger partial charge in [0.15, 0.2) is 11.5 Å². The van der Waals surface area contributed by atoms with Gasteiger partial charge in [-0.1, -0.05) is 23.8 Å². The van der Waals surface area contributed by atoms with Crippen molar-refractivity contribution in [2.45, 2.75) is 20.4 Å². The van der Waals surface area contributed by atoms with Crippen LogP contribution in [0.3, 0.4) is 0 Å². The Kier molecular flexibility index (Phi) is 6.99. The van der Waals surface area contributed by atoms with Crippen LogP contribution in [0.1, 0.15) is 22.3 Å². The molecule has 0 aliphatic carbocycles. The third-order valence-electron chi connectivity index (χ3n) is 5.34. The summed E-state index contributed by atoms with van der Waals surface area (Å²) in [5, 5.41) is 6.77. The number of hydrogen-bond donors (Lipinski definition) is 0. The second-order valence-electron chi connectivity index (χ2n) is 7.33. The molecule has 0 radical (unpaired) electrons. The Balaban J connectivity index is 1.61. The van der Waals surface area contributed by atoms with Crippen molar-refractivity contribution >= 4 is 6.21 Å². The van der Waals surface area contributed by atoms with Gasteiger partial charge in [-0.25, -0.2) is 0 Å². The molecule has 3 rings (SSSR count). The monoisotopic (exact) mass is 397 g/mol. The Morgan fingerprint density at radius 2 is 1.62 bits per heavy atom. The van der Waals surface area contributed by atoms with Gasteiger partial charge in [-0.05, 0) is 37.1 Å². The first-order chi connectivity index (χ1) is 14.0. The van der Waals surface area contributed by atoms with E-state index in [1.165, 1.54) is 16.7 Å². The zero-order valence-electron chi connectivity index (χ0n) is 18.1. The van der Waals surface area contributed by atoms with Gasteiger partial charge >= 0.3 is 0 Å². The quantitative estimate of drug-likeness (QED) is 0.670. The van der Waals surface area contributed by atoms with Gasteiger partial charge in [0.25, 0.3) is 0 Å². The third kappa shape index (κ3) is 5.01. The van der Waals surface area contributed by atoms with Crippen molar-refractivity contribution in [1.82, 2.24) is 9.91 Å². The van der Waals surface area contributed by atoms with E-state index in [2.05, 4.69) is 47.1 Å². The van der Waals surface area contributed by atoms with E-state index in [0.717, 1.165) is 38.3 Å². The van der Waals surface area contributed by atoms with Gasteiger partial charge in [0.2, 0.25) is 5.75 Å². The summed E-state index contributed by atoms with van der Waals surface area (Å²) in [5.41, 5.74) is 4.95. The molecule has 6 heteroatoms. The van der Waals surface area contributed by atoms with Gasteiger partial charge < -0.3 is 14.2 Å². The lowest BCUT2D eigenvalue weighted by Gasteiger charge is -2.33. The number of hydrogen-bond acceptors (Lipinski definition) is 6. The standard InChI is InChI=1S/C23H31N3O3/c1-17-6-7-20(18(2)14-17)16-25-10-12-26(13-11-25)24-15-19-8-9-21(27-3)23(29-5)22(19)28-4/h6-9,14-15H,10-13,16H2,1-5H3. The van der Waals surface area contributed by atoms with Crippen molar-refractivity contribution in [2.75, 3.05) is 47.5 Å². The number of hydrazone groups is 1. The largest absolute Gasteiger partial charge is 0.493 e. The fourth-order valence-electron chi connectivity index (χ4n) is 3.64. The first-order valence-electron chi connectivity index (χ1n) is 9.92. The third-order valence-corrected chi connectivity index (χ3v) is 5.34. The summed E-state index contributed by atoms with van der Waals surface area (Å²) in [5.74, 6) is 1.85. The van der Waals surface area contributed by atoms with E-state index in [1.807, 2.05) is 18.3 Å². The lowest BCUT2D eigenvalue weighted by atomic mass is 10.1. The zero-order valence-corrected chi connectivity index (χ0v) is 18.1. The Morgan fingerprint density at radius 1 is 0.897 bits per heavy atom. The maximum absolute atomic E-state index is 5.53. The highest BCUT2D eigenvalue weighted by molar-refractivity contribution is 5.86. The molecule has 0 unspecified atom stereocenters. The summed E-state index contributed by atoms with van der Waals surface area (Å²) >= 11 is 0. The van der Waals surface area contributed by atoms with Crippen LogP contribution in [-0.4, -0.2) is 63.6 Å². The second-order valence-corrected chi connectivity index (χ2v) is 7.33. The van der Waals surface area contributed by atoms with Crippen molar-refractivity contribution < 1.29 is 14.2 Å². The molecule has 2 aromatic rings. The summed E-state index contributed by atoms with van der Waals surface area (Å²) in [7, 11) is 4.85. The summed E-state index contributed by atoms with van der Waals surface area (Å²) in [4.78, 5) is 2.49. The van der Waals surface area contributed by atoms with Crippen LogP contribution in [0.5, 0.6) is 17.2 Å². The smallest absolute Gasteiger partial charge is 0.203 e. The lowest BCUT2D eigenvalue weighted by Crippen LogP contribution is -2.43. The zero-order chi connectivity index (χ0) is 20.8. The van der Waals surface area contributed by atoms with Crippen molar-refractivity contribution in [3.8, 4) is 17.2 Å². The van der Waals surface area contributed by atoms with Gasteiger partial charge in [-0.3, -0.25) is 9.91 Å². The van der Waals surface area contributed by atoms with Gasteiger partial charge in [0.05, 0.1) is 27.5 Å². The molecule has 1 fully saturated rings. The first-order valence-corrected chi connectivity index (χ1v) is 9.92. The van der Waals surface area contributed by atoms with Crippen LogP contribution in [0.25, 0.3) is 0 Å². The van der Waals surface area contributed by atoms with E-state index in [9.17, 15) is 0 Å². The molecule has 6 nitrogen and oxygen atoms in total. The summed E-state index contributed by atoms with van der Waals surface area (Å²) in [6, 6.07) is 10.5. The van der Waals surface area contributed by atoms with E-state index < -0.39 is 0 Å². The van der Waals surface area contributed by atoms with Gasteiger partial charge in [0, 0.05) is 38.3 Å². The number of ether oxygens (including phenoxy) is 3. The fraction of sp³-hybridized carbons (Fsp3) is 0.435. The van der Waals surface area contributed by atoms with Crippen LogP contribution in [0.15, 0.2) is 35.4 Å². The molecule has 2 aromatic carbocycles. The normalized spacial score (nSPS) is 15.0. The molecular weight excluding hydrogens is 366 g/mol. The average molecular weight is 398 g/mol. The molecule has 0 aromatic heterocycles. The van der Waals surface area contributed by atoms with Crippen LogP contribution >= 0.6 is 0 Å². The SMILES string of the molecule is COc1ccc(C=NN2CCN(Cc3ccc(C)cc3C)CC2)c(OC)c1OC. The molecule has 0 amide bonds. The van der Waals surface area contributed by atoms with Gasteiger partial charge in [0.1, 0.15) is 0 Å². The van der Waals surface area contributed by atoms with Crippen LogP contribution in [0.2, 0.25) is 0 Å². The number of rotatable bonds is 7. The molecule has 1 heterocycles. The highest BCUT2D eigenvalue weighted by atomic mass is 16.5. The summed E-state index contributed by atoms with van der Waals surface area (Å²) in [6.45, 7) is 9.11. The molecule has 0 N–H and O–H groups in total. The van der Waals surface area contributed by atoms with Crippen molar-refractivity contribution in [2.24, 2.45) is 5.10 Å². The maximum atomic E-state index is 5.53. The minimum Gasteiger partial charge on any atom is -0.493 e. The molecule has 29 heavy (non-hydrogen) atoms. The molecule has 0 saturated carbocycles. The molecule has 1 aliphatic heterocycles. The molecule has 0 spiro atoms. The van der Waals surface area contributed by atoms with Crippen LogP contribution in [-0.2, 0) is 6.54 Å². The number of aryl methyl sites for hydroxylation is 2. The Labute approximate surface area is 173 Å². The molecule has 1 aliphatic rings. The minimum absolute atomic E-state index is 0.581. The van der Waals surface area contributed by atoms with Crippen molar-refractivity contribution in [3.63, 3.8) is 0 Å². The van der Waals surface area contributed by atoms with Crippen molar-refractivity contribution in [1.29, 1.82) is 0 Å². The number of piperazine rings is 1. The highest BCUT2D eigenvalue weighted by Gasteiger charge is 2.18. The van der Waals surface area contributed by atoms with Gasteiger partial charge in [-0.15, -0.1) is 0 Å². The number of methoxy groups -OCH3 is 3. The first kappa shape index (κ1) is 21.0. The molecule has 0 bridgehead atoms. The van der Waals surface area contributed by atoms with Crippen molar-refractivity contribution in [3.05, 3.63) is 52.6 Å². The summed E-state index contributed by atoms with van der Waals surface area (Å²) in [6.07, 6.45) is 1.83. The minimum atomic E-state index is 0.581. The van der Waals surface area contributed by atoms with Gasteiger partial charge in [-0.2, -0.15) is 5.10 Å². The van der Waals surface area contributed by atoms with E-state index in [0.29, 0.717) is 17.2 Å². The predicted octanol–water partition coefficient (Wildman–Crippen LogP) is 3.48. The Bertz CT molecular complexity index is 859. The van der Waals surface area contributed by atoms with E-state index in [4.69, 9.17) is 14.2 Å². The summed E-state index contributed by atoms with van der Waals surface area (Å²) < 4.78 is 16.3. The van der Waals surface area contributed by atoms with Crippen LogP contribution < -0.4 is 14.2 Å². The Morgan fingerprint density at radius 3 is 2.24 bits per heavy atom. The van der Waals surface area contributed by atoms with Crippen LogP contribution in [0.4, 0.5) is 0 Å². The molecule has 0 atom stereocenters.